The summed E-state index contributed by atoms with van der Waals surface area (Å²) >= 11 is 0. The minimum Gasteiger partial charge on any atom is -0.388 e. The van der Waals surface area contributed by atoms with Crippen molar-refractivity contribution >= 4 is 11.8 Å². The third-order valence-electron chi connectivity index (χ3n) is 7.65. The van der Waals surface area contributed by atoms with Crippen LogP contribution in [0.15, 0.2) is 42.5 Å². The number of carbonyl (C=O) groups is 2. The summed E-state index contributed by atoms with van der Waals surface area (Å²) in [6.45, 7) is 6.97. The van der Waals surface area contributed by atoms with Crippen molar-refractivity contribution in [1.29, 1.82) is 0 Å². The Balaban J connectivity index is 1.47. The van der Waals surface area contributed by atoms with E-state index in [9.17, 15) is 24.9 Å². The number of aryl methyl sites for hydroxylation is 2. The number of nitrogens with one attached hydrogen (secondary N) is 2. The largest absolute Gasteiger partial charge is 0.388 e. The summed E-state index contributed by atoms with van der Waals surface area (Å²) in [6, 6.07) is 14.1. The van der Waals surface area contributed by atoms with Gasteiger partial charge in [0.2, 0.25) is 11.8 Å². The number of carbonyl (C=O) groups excluding carboxylic acids is 2. The molecule has 0 spiro atoms. The molecule has 5 N–H and O–H groups in total. The van der Waals surface area contributed by atoms with Crippen molar-refractivity contribution in [3.8, 4) is 12.3 Å². The lowest BCUT2D eigenvalue weighted by Crippen LogP contribution is -2.55. The summed E-state index contributed by atoms with van der Waals surface area (Å²) in [5.41, 5.74) is 4.18. The third kappa shape index (κ3) is 9.38. The van der Waals surface area contributed by atoms with E-state index in [4.69, 9.17) is 11.2 Å². The van der Waals surface area contributed by atoms with Gasteiger partial charge in [0.05, 0.1) is 13.2 Å². The molecule has 1 aliphatic rings. The lowest BCUT2D eigenvalue weighted by atomic mass is 9.91. The summed E-state index contributed by atoms with van der Waals surface area (Å²) in [5.74, 6) is 2.15. The van der Waals surface area contributed by atoms with Crippen LogP contribution in [0, 0.1) is 19.3 Å². The normalized spacial score (nSPS) is 20.6. The quantitative estimate of drug-likeness (QED) is 0.228. The number of aliphatic hydroxyl groups excluding tert-OH is 3. The van der Waals surface area contributed by atoms with Crippen molar-refractivity contribution in [3.05, 3.63) is 70.3 Å². The minimum absolute atomic E-state index is 0.0332. The van der Waals surface area contributed by atoms with Gasteiger partial charge in [0.25, 0.3) is 0 Å². The molecule has 2 aromatic rings. The molecule has 1 fully saturated rings. The van der Waals surface area contributed by atoms with Crippen LogP contribution in [0.25, 0.3) is 0 Å². The number of hydrogen-bond donors (Lipinski definition) is 5. The average Bonchev–Trinajstić information content (AvgIpc) is 2.94. The number of aliphatic hydroxyl groups is 3. The molecule has 2 aromatic carbocycles. The Hall–Kier alpha value is -3.26. The molecule has 1 saturated heterocycles. The first kappa shape index (κ1) is 33.2. The van der Waals surface area contributed by atoms with Gasteiger partial charge in [-0.3, -0.25) is 14.5 Å². The van der Waals surface area contributed by atoms with E-state index < -0.39 is 30.0 Å². The SMILES string of the molecule is C#CCN(C)CCNC(=O)C(C)(C)NC(=O)CCCc1ccc(Cc2cc([C@@H]3OC[C@@H](O)[C@H](O)[C@H]3O)ccc2C)cc1. The van der Waals surface area contributed by atoms with E-state index in [1.165, 1.54) is 0 Å². The first-order valence-electron chi connectivity index (χ1n) is 14.5. The van der Waals surface area contributed by atoms with E-state index in [1.54, 1.807) is 13.8 Å². The molecule has 0 aromatic heterocycles. The highest BCUT2D eigenvalue weighted by atomic mass is 16.5. The van der Waals surface area contributed by atoms with Crippen molar-refractivity contribution in [1.82, 2.24) is 15.5 Å². The highest BCUT2D eigenvalue weighted by Gasteiger charge is 2.38. The molecule has 9 heteroatoms. The van der Waals surface area contributed by atoms with E-state index in [-0.39, 0.29) is 18.4 Å². The summed E-state index contributed by atoms with van der Waals surface area (Å²) in [5, 5.41) is 35.9. The van der Waals surface area contributed by atoms with Gasteiger partial charge >= 0.3 is 0 Å². The van der Waals surface area contributed by atoms with E-state index in [0.717, 1.165) is 34.2 Å². The highest BCUT2D eigenvalue weighted by Crippen LogP contribution is 2.31. The van der Waals surface area contributed by atoms with Crippen molar-refractivity contribution in [3.63, 3.8) is 0 Å². The Morgan fingerprint density at radius 2 is 1.79 bits per heavy atom. The number of benzene rings is 2. The molecule has 0 radical (unpaired) electrons. The van der Waals surface area contributed by atoms with Gasteiger partial charge in [-0.15, -0.1) is 6.42 Å². The smallest absolute Gasteiger partial charge is 0.245 e. The van der Waals surface area contributed by atoms with Gasteiger partial charge < -0.3 is 30.7 Å². The highest BCUT2D eigenvalue weighted by molar-refractivity contribution is 5.90. The van der Waals surface area contributed by atoms with Crippen LogP contribution in [0.5, 0.6) is 0 Å². The predicted molar refractivity (Wildman–Crippen MR) is 162 cm³/mol. The first-order valence-corrected chi connectivity index (χ1v) is 14.5. The molecule has 0 unspecified atom stereocenters. The molecule has 1 aliphatic heterocycles. The molecule has 1 heterocycles. The van der Waals surface area contributed by atoms with Gasteiger partial charge in [-0.2, -0.15) is 0 Å². The van der Waals surface area contributed by atoms with Crippen molar-refractivity contribution in [2.24, 2.45) is 0 Å². The maximum Gasteiger partial charge on any atom is 0.245 e. The van der Waals surface area contributed by atoms with Crippen molar-refractivity contribution in [2.75, 3.05) is 33.3 Å². The number of ether oxygens (including phenoxy) is 1. The predicted octanol–water partition coefficient (Wildman–Crippen LogP) is 1.64. The summed E-state index contributed by atoms with van der Waals surface area (Å²) < 4.78 is 5.63. The summed E-state index contributed by atoms with van der Waals surface area (Å²) in [6.07, 6.45) is 3.43. The molecule has 228 valence electrons. The second-order valence-electron chi connectivity index (χ2n) is 11.7. The second kappa shape index (κ2) is 15.3. The zero-order chi connectivity index (χ0) is 30.9. The van der Waals surface area contributed by atoms with E-state index in [2.05, 4.69) is 40.8 Å². The van der Waals surface area contributed by atoms with Gasteiger partial charge in [-0.1, -0.05) is 48.4 Å². The lowest BCUT2D eigenvalue weighted by Gasteiger charge is -2.35. The van der Waals surface area contributed by atoms with Crippen molar-refractivity contribution < 1.29 is 29.6 Å². The molecule has 3 rings (SSSR count). The maximum absolute atomic E-state index is 12.5. The van der Waals surface area contributed by atoms with E-state index in [0.29, 0.717) is 38.9 Å². The molecular formula is C33H45N3O6. The lowest BCUT2D eigenvalue weighted by molar-refractivity contribution is -0.189. The molecule has 9 nitrogen and oxygen atoms in total. The van der Waals surface area contributed by atoms with Gasteiger partial charge in [0.15, 0.2) is 0 Å². The van der Waals surface area contributed by atoms with Crippen LogP contribution in [-0.4, -0.2) is 89.2 Å². The molecule has 2 amide bonds. The first-order chi connectivity index (χ1) is 19.9. The Morgan fingerprint density at radius 3 is 2.48 bits per heavy atom. The van der Waals surface area contributed by atoms with Crippen LogP contribution in [-0.2, 0) is 27.2 Å². The van der Waals surface area contributed by atoms with E-state index >= 15 is 0 Å². The second-order valence-corrected chi connectivity index (χ2v) is 11.7. The average molecular weight is 580 g/mol. The number of amides is 2. The van der Waals surface area contributed by atoms with Crippen molar-refractivity contribution in [2.45, 2.75) is 76.4 Å². The molecule has 4 atom stereocenters. The standard InChI is InChI=1S/C33H45N3O6/c1-6-17-36(5)18-16-34-32(41)33(3,4)35-28(38)9-7-8-23-11-13-24(14-12-23)19-26-20-25(15-10-22(26)2)31-30(40)29(39)27(37)21-42-31/h1,10-15,20,27,29-31,37,39-40H,7-9,16-19,21H2,2-5H3,(H,34,41)(H,35,38)/t27-,29+,30-,31+/m1/s1. The van der Waals surface area contributed by atoms with Crippen LogP contribution in [0.2, 0.25) is 0 Å². The molecule has 0 bridgehead atoms. The Bertz CT molecular complexity index is 1240. The number of rotatable bonds is 13. The fraction of sp³-hybridized carbons (Fsp3) is 0.515. The minimum atomic E-state index is -1.25. The maximum atomic E-state index is 12.5. The van der Waals surface area contributed by atoms with Crippen LogP contribution in [0.4, 0.5) is 0 Å². The zero-order valence-corrected chi connectivity index (χ0v) is 25.1. The molecule has 0 saturated carbocycles. The number of likely N-dealkylation sites (N-methyl/N-ethyl adjacent to an activating group) is 1. The Kier molecular flexibility index (Phi) is 12.1. The van der Waals surface area contributed by atoms with Crippen LogP contribution in [0.1, 0.15) is 60.6 Å². The fourth-order valence-electron chi connectivity index (χ4n) is 4.94. The van der Waals surface area contributed by atoms with Gasteiger partial charge in [0, 0.05) is 19.5 Å². The third-order valence-corrected chi connectivity index (χ3v) is 7.65. The van der Waals surface area contributed by atoms with Crippen LogP contribution >= 0.6 is 0 Å². The summed E-state index contributed by atoms with van der Waals surface area (Å²) in [4.78, 5) is 27.0. The number of nitrogens with zero attached hydrogens (tertiary/aromatic N) is 1. The molecular weight excluding hydrogens is 534 g/mol. The zero-order valence-electron chi connectivity index (χ0n) is 25.1. The fourth-order valence-corrected chi connectivity index (χ4v) is 4.94. The van der Waals surface area contributed by atoms with Gasteiger partial charge in [-0.05, 0) is 74.9 Å². The Morgan fingerprint density at radius 1 is 1.10 bits per heavy atom. The number of hydrogen-bond acceptors (Lipinski definition) is 7. The van der Waals surface area contributed by atoms with Crippen LogP contribution in [0.3, 0.4) is 0 Å². The van der Waals surface area contributed by atoms with Crippen LogP contribution < -0.4 is 10.6 Å². The monoisotopic (exact) mass is 579 g/mol. The van der Waals surface area contributed by atoms with Gasteiger partial charge in [0.1, 0.15) is 30.0 Å². The topological polar surface area (TPSA) is 131 Å². The molecule has 42 heavy (non-hydrogen) atoms. The number of terminal acetylenes is 1. The van der Waals surface area contributed by atoms with E-state index in [1.807, 2.05) is 37.1 Å². The molecule has 0 aliphatic carbocycles. The Labute approximate surface area is 249 Å². The van der Waals surface area contributed by atoms with Gasteiger partial charge in [-0.25, -0.2) is 0 Å². The summed E-state index contributed by atoms with van der Waals surface area (Å²) in [7, 11) is 1.88.